The van der Waals surface area contributed by atoms with E-state index < -0.39 is 6.10 Å². The van der Waals surface area contributed by atoms with Crippen LogP contribution in [0.25, 0.3) is 0 Å². The van der Waals surface area contributed by atoms with E-state index in [-0.39, 0.29) is 0 Å². The van der Waals surface area contributed by atoms with Crippen LogP contribution in [0.1, 0.15) is 45.3 Å². The van der Waals surface area contributed by atoms with Gasteiger partial charge in [0, 0.05) is 37.6 Å². The second-order valence-corrected chi connectivity index (χ2v) is 8.79. The molecule has 1 saturated carbocycles. The van der Waals surface area contributed by atoms with Gasteiger partial charge in [0.2, 0.25) is 0 Å². The molecule has 1 N–H and O–H groups in total. The van der Waals surface area contributed by atoms with Gasteiger partial charge in [-0.05, 0) is 54.7 Å². The van der Waals surface area contributed by atoms with Crippen LogP contribution in [0.2, 0.25) is 0 Å². The highest BCUT2D eigenvalue weighted by Gasteiger charge is 2.50. The summed E-state index contributed by atoms with van der Waals surface area (Å²) < 4.78 is 8.22. The molecule has 1 fully saturated rings. The Kier molecular flexibility index (Phi) is 4.55. The van der Waals surface area contributed by atoms with Gasteiger partial charge in [-0.1, -0.05) is 19.9 Å². The number of aliphatic hydroxyl groups is 1. The minimum absolute atomic E-state index is 0.354. The Morgan fingerprint density at radius 3 is 2.96 bits per heavy atom. The molecule has 2 heterocycles. The van der Waals surface area contributed by atoms with Gasteiger partial charge in [0.25, 0.3) is 0 Å². The third kappa shape index (κ3) is 3.09. The van der Waals surface area contributed by atoms with E-state index in [1.807, 2.05) is 0 Å². The topological polar surface area (TPSA) is 37.6 Å². The molecule has 4 atom stereocenters. The number of allylic oxidation sites excluding steroid dienone is 1. The maximum absolute atomic E-state index is 10.4. The summed E-state index contributed by atoms with van der Waals surface area (Å²) in [4.78, 5) is 2.36. The molecule has 138 valence electrons. The monoisotopic (exact) mass is 344 g/mol. The maximum Gasteiger partial charge on any atom is 0.0900 e. The van der Waals surface area contributed by atoms with Crippen molar-refractivity contribution in [1.82, 2.24) is 9.47 Å². The summed E-state index contributed by atoms with van der Waals surface area (Å²) >= 11 is 0. The lowest BCUT2D eigenvalue weighted by molar-refractivity contribution is -0.0281. The molecule has 4 aliphatic rings. The molecule has 0 unspecified atom stereocenters. The molecule has 3 aliphatic carbocycles. The first-order chi connectivity index (χ1) is 12.0. The van der Waals surface area contributed by atoms with Gasteiger partial charge in [-0.25, -0.2) is 0 Å². The van der Waals surface area contributed by atoms with Gasteiger partial charge in [0.05, 0.1) is 19.3 Å². The fraction of sp³-hybridized carbons (Fsp3) is 0.714. The van der Waals surface area contributed by atoms with Gasteiger partial charge < -0.3 is 14.4 Å². The Hall–Kier alpha value is -1.10. The number of aliphatic hydroxyl groups excluding tert-OH is 1. The van der Waals surface area contributed by atoms with Crippen LogP contribution in [0.15, 0.2) is 30.0 Å². The Morgan fingerprint density at radius 1 is 1.36 bits per heavy atom. The summed E-state index contributed by atoms with van der Waals surface area (Å²) in [7, 11) is 0. The van der Waals surface area contributed by atoms with Crippen molar-refractivity contribution in [2.75, 3.05) is 26.3 Å². The predicted octanol–water partition coefficient (Wildman–Crippen LogP) is 3.23. The minimum Gasteiger partial charge on any atom is -0.389 e. The molecule has 2 bridgehead atoms. The molecule has 1 aliphatic heterocycles. The van der Waals surface area contributed by atoms with E-state index in [4.69, 9.17) is 4.74 Å². The third-order valence-corrected chi connectivity index (χ3v) is 7.08. The summed E-state index contributed by atoms with van der Waals surface area (Å²) in [5.74, 6) is 1.56. The number of β-amino-alcohol motifs (C(OH)–C–C–N with tert-alkyl or cyclic N) is 1. The van der Waals surface area contributed by atoms with E-state index in [0.717, 1.165) is 19.0 Å². The van der Waals surface area contributed by atoms with E-state index >= 15 is 0 Å². The lowest BCUT2D eigenvalue weighted by Crippen LogP contribution is -2.48. The number of aromatic nitrogens is 1. The standard InChI is InChI=1S/C21H32N2O2/c1-15-20-5-4-8-22(20)9-10-23(15)12-18(24)14-25-13-16-6-7-17-11-19(16)21(17,2)3/h4-6,8,15,17-19,24H,7,9-14H2,1-3H3/t15-,17+,18+,19-/m1/s1. The lowest BCUT2D eigenvalue weighted by Gasteiger charge is -2.56. The van der Waals surface area contributed by atoms with Gasteiger partial charge in [-0.2, -0.15) is 0 Å². The molecule has 0 spiro atoms. The normalized spacial score (nSPS) is 31.8. The highest BCUT2D eigenvalue weighted by atomic mass is 16.5. The van der Waals surface area contributed by atoms with Crippen molar-refractivity contribution in [2.24, 2.45) is 17.3 Å². The second-order valence-electron chi connectivity index (χ2n) is 8.79. The Bertz CT molecular complexity index is 648. The molecule has 0 saturated heterocycles. The number of hydrogen-bond donors (Lipinski definition) is 1. The van der Waals surface area contributed by atoms with Gasteiger partial charge in [-0.15, -0.1) is 0 Å². The summed E-state index contributed by atoms with van der Waals surface area (Å²) in [6.45, 7) is 10.8. The number of hydrogen-bond acceptors (Lipinski definition) is 3. The van der Waals surface area contributed by atoms with E-state index in [1.54, 1.807) is 0 Å². The van der Waals surface area contributed by atoms with Crippen LogP contribution >= 0.6 is 0 Å². The molecule has 0 radical (unpaired) electrons. The van der Waals surface area contributed by atoms with Crippen molar-refractivity contribution >= 4 is 0 Å². The first kappa shape index (κ1) is 17.3. The summed E-state index contributed by atoms with van der Waals surface area (Å²) in [6, 6.07) is 4.65. The molecule has 0 aromatic carbocycles. The lowest BCUT2D eigenvalue weighted by atomic mass is 9.49. The number of fused-ring (bicyclic) bond motifs is 2. The van der Waals surface area contributed by atoms with Gasteiger partial charge in [0.15, 0.2) is 0 Å². The largest absolute Gasteiger partial charge is 0.389 e. The van der Waals surface area contributed by atoms with Crippen molar-refractivity contribution in [3.63, 3.8) is 0 Å². The van der Waals surface area contributed by atoms with Gasteiger partial charge in [0.1, 0.15) is 0 Å². The summed E-state index contributed by atoms with van der Waals surface area (Å²) in [5, 5.41) is 10.4. The van der Waals surface area contributed by atoms with E-state index in [1.165, 1.54) is 24.1 Å². The average molecular weight is 344 g/mol. The quantitative estimate of drug-likeness (QED) is 0.805. The minimum atomic E-state index is -0.421. The van der Waals surface area contributed by atoms with Gasteiger partial charge >= 0.3 is 0 Å². The zero-order chi connectivity index (χ0) is 17.6. The highest BCUT2D eigenvalue weighted by Crippen LogP contribution is 2.59. The van der Waals surface area contributed by atoms with E-state index in [9.17, 15) is 5.11 Å². The van der Waals surface area contributed by atoms with Crippen LogP contribution in [-0.2, 0) is 11.3 Å². The third-order valence-electron chi connectivity index (χ3n) is 7.08. The highest BCUT2D eigenvalue weighted by molar-refractivity contribution is 5.23. The average Bonchev–Trinajstić information content (AvgIpc) is 3.07. The predicted molar refractivity (Wildman–Crippen MR) is 99.3 cm³/mol. The number of rotatable bonds is 6. The fourth-order valence-corrected chi connectivity index (χ4v) is 5.15. The molecule has 1 aromatic heterocycles. The molecular weight excluding hydrogens is 312 g/mol. The van der Waals surface area contributed by atoms with E-state index in [0.29, 0.717) is 37.1 Å². The van der Waals surface area contributed by atoms with Crippen LogP contribution in [0.5, 0.6) is 0 Å². The van der Waals surface area contributed by atoms with E-state index in [2.05, 4.69) is 54.6 Å². The fourth-order valence-electron chi connectivity index (χ4n) is 5.15. The Labute approximate surface area is 151 Å². The molecule has 0 amide bonds. The second kappa shape index (κ2) is 6.57. The zero-order valence-corrected chi connectivity index (χ0v) is 15.8. The number of ether oxygens (including phenoxy) is 1. The number of nitrogens with zero attached hydrogens (tertiary/aromatic N) is 2. The van der Waals surface area contributed by atoms with Gasteiger partial charge in [-0.3, -0.25) is 4.90 Å². The summed E-state index contributed by atoms with van der Waals surface area (Å²) in [5.41, 5.74) is 3.25. The van der Waals surface area contributed by atoms with Crippen LogP contribution in [0, 0.1) is 17.3 Å². The molecule has 1 aromatic rings. The molecule has 25 heavy (non-hydrogen) atoms. The van der Waals surface area contributed by atoms with Crippen LogP contribution < -0.4 is 0 Å². The first-order valence-corrected chi connectivity index (χ1v) is 9.80. The molecular formula is C21H32N2O2. The molecule has 4 heteroatoms. The van der Waals surface area contributed by atoms with Crippen molar-refractivity contribution in [2.45, 2.75) is 52.3 Å². The van der Waals surface area contributed by atoms with Crippen molar-refractivity contribution < 1.29 is 9.84 Å². The smallest absolute Gasteiger partial charge is 0.0900 e. The SMILES string of the molecule is C[C@@H]1c2cccn2CCN1C[C@H](O)COCC1=CC[C@H]2C[C@H]1C2(C)C. The molecule has 4 nitrogen and oxygen atoms in total. The van der Waals surface area contributed by atoms with Crippen molar-refractivity contribution in [3.05, 3.63) is 35.7 Å². The zero-order valence-electron chi connectivity index (χ0n) is 15.8. The molecule has 5 rings (SSSR count). The van der Waals surface area contributed by atoms with Crippen LogP contribution in [0.4, 0.5) is 0 Å². The Balaban J connectivity index is 1.24. The Morgan fingerprint density at radius 2 is 2.20 bits per heavy atom. The van der Waals surface area contributed by atoms with Crippen LogP contribution in [-0.4, -0.2) is 47.0 Å². The van der Waals surface area contributed by atoms with Crippen LogP contribution in [0.3, 0.4) is 0 Å². The van der Waals surface area contributed by atoms with Crippen molar-refractivity contribution in [3.8, 4) is 0 Å². The first-order valence-electron chi connectivity index (χ1n) is 9.80. The maximum atomic E-state index is 10.4. The van der Waals surface area contributed by atoms with Crippen molar-refractivity contribution in [1.29, 1.82) is 0 Å². The summed E-state index contributed by atoms with van der Waals surface area (Å²) in [6.07, 6.45) is 6.64.